The van der Waals surface area contributed by atoms with Gasteiger partial charge in [-0.3, -0.25) is 4.99 Å². The largest absolute Gasteiger partial charge is 0.494 e. The van der Waals surface area contributed by atoms with Crippen LogP contribution >= 0.6 is 0 Å². The van der Waals surface area contributed by atoms with Crippen molar-refractivity contribution >= 4 is 18.3 Å². The highest BCUT2D eigenvalue weighted by Gasteiger charge is 2.19. The van der Waals surface area contributed by atoms with Crippen molar-refractivity contribution in [3.63, 3.8) is 0 Å². The molecule has 1 aromatic heterocycles. The average Bonchev–Trinajstić information content (AvgIpc) is 2.76. The number of rotatable bonds is 11. The number of methoxy groups -OCH3 is 2. The van der Waals surface area contributed by atoms with Crippen molar-refractivity contribution in [2.24, 2.45) is 10.7 Å². The van der Waals surface area contributed by atoms with Crippen LogP contribution in [-0.2, 0) is 11.2 Å². The molecular formula is C19H21F2N5O4. The second kappa shape index (κ2) is 11.3. The normalized spacial score (nSPS) is 11.4. The molecule has 160 valence electrons. The van der Waals surface area contributed by atoms with Crippen molar-refractivity contribution in [1.82, 2.24) is 9.97 Å². The van der Waals surface area contributed by atoms with Crippen LogP contribution in [0, 0.1) is 11.6 Å². The number of nitrogens with one attached hydrogen (secondary N) is 1. The van der Waals surface area contributed by atoms with E-state index >= 15 is 0 Å². The number of ether oxygens (including phenoxy) is 3. The number of benzene rings is 1. The summed E-state index contributed by atoms with van der Waals surface area (Å²) in [6, 6.07) is 1.14. The Morgan fingerprint density at radius 3 is 2.43 bits per heavy atom. The first kappa shape index (κ1) is 22.5. The SMILES string of the molecule is COc1cc(OC)c(F)c(CCOc2cnc(NC(C=NCC=O)=CN)cn2)c1F. The lowest BCUT2D eigenvalue weighted by Crippen LogP contribution is -2.09. The first-order valence-electron chi connectivity index (χ1n) is 8.70. The number of nitrogens with zero attached hydrogens (tertiary/aromatic N) is 3. The van der Waals surface area contributed by atoms with Gasteiger partial charge in [-0.25, -0.2) is 18.7 Å². The predicted octanol–water partition coefficient (Wildman–Crippen LogP) is 1.88. The molecule has 0 saturated carbocycles. The van der Waals surface area contributed by atoms with E-state index in [-0.39, 0.29) is 42.5 Å². The second-order valence-electron chi connectivity index (χ2n) is 5.63. The van der Waals surface area contributed by atoms with Crippen molar-refractivity contribution in [2.75, 3.05) is 32.7 Å². The van der Waals surface area contributed by atoms with Gasteiger partial charge in [0.05, 0.1) is 45.5 Å². The molecule has 2 rings (SSSR count). The lowest BCUT2D eigenvalue weighted by molar-refractivity contribution is -0.106. The van der Waals surface area contributed by atoms with Gasteiger partial charge in [-0.05, 0) is 0 Å². The zero-order valence-electron chi connectivity index (χ0n) is 16.4. The van der Waals surface area contributed by atoms with Gasteiger partial charge in [0.15, 0.2) is 23.1 Å². The summed E-state index contributed by atoms with van der Waals surface area (Å²) in [5.74, 6) is -1.38. The third-order valence-corrected chi connectivity index (χ3v) is 3.76. The summed E-state index contributed by atoms with van der Waals surface area (Å²) in [6.45, 7) is -0.0459. The Balaban J connectivity index is 1.99. The lowest BCUT2D eigenvalue weighted by Gasteiger charge is -2.13. The fourth-order valence-electron chi connectivity index (χ4n) is 2.33. The molecule has 0 unspecified atom stereocenters. The Hall–Kier alpha value is -3.76. The fraction of sp³-hybridized carbons (Fsp3) is 0.263. The standard InChI is InChI=1S/C19H21F2N5O4/c1-28-14-7-15(29-2)19(21)13(18(14)20)3-6-30-17-11-24-16(10-25-17)26-12(8-22)9-23-4-5-27/h5,7-11H,3-4,6,22H2,1-2H3,(H,24,26). The first-order chi connectivity index (χ1) is 14.5. The smallest absolute Gasteiger partial charge is 0.232 e. The number of hydrogen-bond acceptors (Lipinski definition) is 9. The Kier molecular flexibility index (Phi) is 8.48. The highest BCUT2D eigenvalue weighted by Crippen LogP contribution is 2.31. The van der Waals surface area contributed by atoms with Crippen molar-refractivity contribution in [1.29, 1.82) is 0 Å². The highest BCUT2D eigenvalue weighted by molar-refractivity contribution is 5.83. The Bertz CT molecular complexity index is 892. The minimum Gasteiger partial charge on any atom is -0.494 e. The number of nitrogens with two attached hydrogens (primary N) is 1. The molecule has 1 aromatic carbocycles. The summed E-state index contributed by atoms with van der Waals surface area (Å²) in [5, 5.41) is 2.85. The summed E-state index contributed by atoms with van der Waals surface area (Å²) in [6.07, 6.45) is 5.91. The zero-order valence-corrected chi connectivity index (χ0v) is 16.4. The highest BCUT2D eigenvalue weighted by atomic mass is 19.1. The van der Waals surface area contributed by atoms with Gasteiger partial charge < -0.3 is 30.1 Å². The molecule has 0 aliphatic rings. The Labute approximate surface area is 171 Å². The lowest BCUT2D eigenvalue weighted by atomic mass is 10.1. The molecule has 0 saturated heterocycles. The van der Waals surface area contributed by atoms with Gasteiger partial charge in [0.25, 0.3) is 0 Å². The monoisotopic (exact) mass is 421 g/mol. The summed E-state index contributed by atoms with van der Waals surface area (Å²) >= 11 is 0. The number of hydrogen-bond donors (Lipinski definition) is 2. The maximum Gasteiger partial charge on any atom is 0.232 e. The molecule has 1 heterocycles. The summed E-state index contributed by atoms with van der Waals surface area (Å²) in [5.41, 5.74) is 5.66. The van der Waals surface area contributed by atoms with Gasteiger partial charge >= 0.3 is 0 Å². The van der Waals surface area contributed by atoms with Crippen LogP contribution in [0.4, 0.5) is 14.6 Å². The molecule has 11 heteroatoms. The van der Waals surface area contributed by atoms with Crippen LogP contribution in [0.15, 0.2) is 35.3 Å². The van der Waals surface area contributed by atoms with E-state index in [0.717, 1.165) is 6.07 Å². The van der Waals surface area contributed by atoms with Gasteiger partial charge in [0.1, 0.15) is 12.1 Å². The predicted molar refractivity (Wildman–Crippen MR) is 106 cm³/mol. The summed E-state index contributed by atoms with van der Waals surface area (Å²) < 4.78 is 43.9. The minimum atomic E-state index is -0.817. The maximum absolute atomic E-state index is 14.3. The molecule has 0 radical (unpaired) electrons. The second-order valence-corrected chi connectivity index (χ2v) is 5.63. The fourth-order valence-corrected chi connectivity index (χ4v) is 2.33. The van der Waals surface area contributed by atoms with Crippen LogP contribution in [0.5, 0.6) is 17.4 Å². The molecule has 3 N–H and O–H groups in total. The van der Waals surface area contributed by atoms with Gasteiger partial charge in [0, 0.05) is 30.5 Å². The first-order valence-corrected chi connectivity index (χ1v) is 8.70. The summed E-state index contributed by atoms with van der Waals surface area (Å²) in [7, 11) is 2.56. The molecule has 0 amide bonds. The summed E-state index contributed by atoms with van der Waals surface area (Å²) in [4.78, 5) is 22.2. The molecule has 30 heavy (non-hydrogen) atoms. The molecule has 0 aliphatic heterocycles. The topological polar surface area (TPSA) is 121 Å². The van der Waals surface area contributed by atoms with E-state index < -0.39 is 11.6 Å². The van der Waals surface area contributed by atoms with Crippen molar-refractivity contribution in [3.05, 3.63) is 47.6 Å². The average molecular weight is 421 g/mol. The van der Waals surface area contributed by atoms with E-state index in [1.807, 2.05) is 0 Å². The molecule has 2 aromatic rings. The van der Waals surface area contributed by atoms with E-state index in [1.54, 1.807) is 0 Å². The van der Waals surface area contributed by atoms with E-state index in [4.69, 9.17) is 19.9 Å². The molecule has 0 spiro atoms. The van der Waals surface area contributed by atoms with Crippen LogP contribution in [0.25, 0.3) is 0 Å². The number of carbonyl (C=O) groups excluding carboxylic acids is 1. The van der Waals surface area contributed by atoms with Crippen molar-refractivity contribution < 1.29 is 27.8 Å². The Morgan fingerprint density at radius 2 is 1.90 bits per heavy atom. The van der Waals surface area contributed by atoms with Gasteiger partial charge in [-0.15, -0.1) is 0 Å². The Morgan fingerprint density at radius 1 is 1.20 bits per heavy atom. The number of allylic oxidation sites excluding steroid dienone is 1. The number of halogens is 2. The van der Waals surface area contributed by atoms with Crippen molar-refractivity contribution in [3.8, 4) is 17.4 Å². The maximum atomic E-state index is 14.3. The van der Waals surface area contributed by atoms with Crippen LogP contribution in [0.2, 0.25) is 0 Å². The van der Waals surface area contributed by atoms with E-state index in [2.05, 4.69) is 20.3 Å². The third-order valence-electron chi connectivity index (χ3n) is 3.76. The molecule has 0 atom stereocenters. The van der Waals surface area contributed by atoms with E-state index in [1.165, 1.54) is 39.0 Å². The van der Waals surface area contributed by atoms with Crippen molar-refractivity contribution in [2.45, 2.75) is 6.42 Å². The van der Waals surface area contributed by atoms with E-state index in [9.17, 15) is 13.6 Å². The van der Waals surface area contributed by atoms with Crippen LogP contribution in [0.1, 0.15) is 5.56 Å². The molecule has 0 fully saturated rings. The van der Waals surface area contributed by atoms with Gasteiger partial charge in [-0.1, -0.05) is 0 Å². The van der Waals surface area contributed by atoms with Gasteiger partial charge in [0.2, 0.25) is 5.88 Å². The molecular weight excluding hydrogens is 400 g/mol. The zero-order chi connectivity index (χ0) is 21.9. The number of carbonyl (C=O) groups is 1. The number of aromatic nitrogens is 2. The van der Waals surface area contributed by atoms with E-state index in [0.29, 0.717) is 17.8 Å². The molecule has 9 nitrogen and oxygen atoms in total. The van der Waals surface area contributed by atoms with Gasteiger partial charge in [-0.2, -0.15) is 0 Å². The molecule has 0 aliphatic carbocycles. The number of anilines is 1. The number of aliphatic imine (C=N–C) groups is 1. The minimum absolute atomic E-state index is 0.0117. The quantitative estimate of drug-likeness (QED) is 0.417. The third kappa shape index (κ3) is 5.87. The van der Waals surface area contributed by atoms with Crippen LogP contribution in [-0.4, -0.2) is 49.8 Å². The van der Waals surface area contributed by atoms with Crippen LogP contribution < -0.4 is 25.3 Å². The molecule has 0 bridgehead atoms. The number of aldehydes is 1. The van der Waals surface area contributed by atoms with Crippen LogP contribution in [0.3, 0.4) is 0 Å².